The third-order valence-electron chi connectivity index (χ3n) is 5.43. The van der Waals surface area contributed by atoms with Crippen LogP contribution in [-0.2, 0) is 4.74 Å². The van der Waals surface area contributed by atoms with Crippen molar-refractivity contribution in [3.63, 3.8) is 0 Å². The molecule has 2 aromatic heterocycles. The summed E-state index contributed by atoms with van der Waals surface area (Å²) in [5, 5.41) is 10.4. The summed E-state index contributed by atoms with van der Waals surface area (Å²) >= 11 is 7.93. The second-order valence-electron chi connectivity index (χ2n) is 7.70. The van der Waals surface area contributed by atoms with Gasteiger partial charge in [0.2, 0.25) is 5.95 Å². The monoisotopic (exact) mass is 491 g/mol. The first-order chi connectivity index (χ1) is 16.7. The van der Waals surface area contributed by atoms with Crippen molar-refractivity contribution in [2.75, 3.05) is 41.8 Å². The third kappa shape index (κ3) is 5.20. The second kappa shape index (κ2) is 10.2. The van der Waals surface area contributed by atoms with E-state index in [2.05, 4.69) is 20.5 Å². The summed E-state index contributed by atoms with van der Waals surface area (Å²) in [6.07, 6.45) is 1.77. The third-order valence-corrected chi connectivity index (χ3v) is 6.44. The van der Waals surface area contributed by atoms with Crippen LogP contribution in [0.1, 0.15) is 0 Å². The van der Waals surface area contributed by atoms with Crippen molar-refractivity contribution in [3.05, 3.63) is 76.6 Å². The van der Waals surface area contributed by atoms with Crippen molar-refractivity contribution in [2.24, 2.45) is 0 Å². The topological polar surface area (TPSA) is 79.4 Å². The summed E-state index contributed by atoms with van der Waals surface area (Å²) in [6.45, 7) is 2.93. The first-order valence-electron chi connectivity index (χ1n) is 10.8. The van der Waals surface area contributed by atoms with Crippen LogP contribution in [0, 0.1) is 0 Å². The number of amides is 2. The molecule has 0 radical (unpaired) electrons. The number of urea groups is 1. The Balaban J connectivity index is 1.24. The van der Waals surface area contributed by atoms with E-state index in [-0.39, 0.29) is 6.03 Å². The van der Waals surface area contributed by atoms with Gasteiger partial charge in [-0.1, -0.05) is 23.7 Å². The molecule has 34 heavy (non-hydrogen) atoms. The molecule has 2 aromatic carbocycles. The zero-order chi connectivity index (χ0) is 23.3. The van der Waals surface area contributed by atoms with Gasteiger partial charge >= 0.3 is 6.03 Å². The molecule has 9 heteroatoms. The van der Waals surface area contributed by atoms with Crippen molar-refractivity contribution in [3.8, 4) is 22.4 Å². The molecule has 0 spiro atoms. The van der Waals surface area contributed by atoms with E-state index in [4.69, 9.17) is 21.3 Å². The van der Waals surface area contributed by atoms with Gasteiger partial charge in [-0.3, -0.25) is 0 Å². The molecule has 2 amide bonds. The van der Waals surface area contributed by atoms with Gasteiger partial charge < -0.3 is 20.3 Å². The lowest BCUT2D eigenvalue weighted by atomic mass is 10.1. The lowest BCUT2D eigenvalue weighted by molar-refractivity contribution is 0.122. The normalized spacial score (nSPS) is 13.5. The van der Waals surface area contributed by atoms with E-state index in [1.807, 2.05) is 53.2 Å². The van der Waals surface area contributed by atoms with E-state index in [0.717, 1.165) is 35.5 Å². The number of nitrogens with zero attached hydrogens (tertiary/aromatic N) is 3. The molecule has 172 valence electrons. The van der Waals surface area contributed by atoms with E-state index >= 15 is 0 Å². The number of halogens is 1. The number of thiophene rings is 1. The Hall–Kier alpha value is -3.46. The minimum atomic E-state index is -0.331. The molecule has 0 aliphatic carbocycles. The average molecular weight is 492 g/mol. The number of carbonyl (C=O) groups excluding carboxylic acids is 1. The number of ether oxygens (including phenoxy) is 1. The number of hydrogen-bond donors (Lipinski definition) is 2. The number of anilines is 3. The van der Waals surface area contributed by atoms with Gasteiger partial charge in [0, 0.05) is 46.8 Å². The highest BCUT2D eigenvalue weighted by atomic mass is 35.5. The van der Waals surface area contributed by atoms with Crippen LogP contribution in [-0.4, -0.2) is 42.3 Å². The molecule has 1 aliphatic rings. The van der Waals surface area contributed by atoms with E-state index in [1.54, 1.807) is 29.7 Å². The number of aromatic nitrogens is 2. The van der Waals surface area contributed by atoms with Crippen LogP contribution in [0.3, 0.4) is 0 Å². The van der Waals surface area contributed by atoms with Crippen molar-refractivity contribution < 1.29 is 9.53 Å². The van der Waals surface area contributed by atoms with Crippen molar-refractivity contribution in [2.45, 2.75) is 0 Å². The van der Waals surface area contributed by atoms with Crippen LogP contribution in [0.4, 0.5) is 22.1 Å². The number of nitrogens with one attached hydrogen (secondary N) is 2. The molecule has 0 saturated carbocycles. The summed E-state index contributed by atoms with van der Waals surface area (Å²) in [4.78, 5) is 23.8. The van der Waals surface area contributed by atoms with E-state index in [0.29, 0.717) is 35.6 Å². The smallest absolute Gasteiger partial charge is 0.323 e. The largest absolute Gasteiger partial charge is 0.378 e. The molecule has 1 fully saturated rings. The Morgan fingerprint density at radius 1 is 0.971 bits per heavy atom. The average Bonchev–Trinajstić information content (AvgIpc) is 3.41. The Morgan fingerprint density at radius 3 is 2.50 bits per heavy atom. The first kappa shape index (κ1) is 22.3. The molecule has 7 nitrogen and oxygen atoms in total. The predicted octanol–water partition coefficient (Wildman–Crippen LogP) is 6.01. The number of morpholine rings is 1. The maximum Gasteiger partial charge on any atom is 0.323 e. The zero-order valence-corrected chi connectivity index (χ0v) is 19.8. The number of rotatable bonds is 5. The van der Waals surface area contributed by atoms with Gasteiger partial charge in [-0.15, -0.1) is 0 Å². The van der Waals surface area contributed by atoms with Crippen LogP contribution < -0.4 is 15.5 Å². The van der Waals surface area contributed by atoms with Gasteiger partial charge in [0.05, 0.1) is 18.9 Å². The van der Waals surface area contributed by atoms with Gasteiger partial charge in [0.25, 0.3) is 0 Å². The minimum Gasteiger partial charge on any atom is -0.378 e. The van der Waals surface area contributed by atoms with Crippen LogP contribution in [0.5, 0.6) is 0 Å². The minimum absolute atomic E-state index is 0.331. The summed E-state index contributed by atoms with van der Waals surface area (Å²) in [5.41, 5.74) is 5.02. The summed E-state index contributed by atoms with van der Waals surface area (Å²) in [7, 11) is 0. The van der Waals surface area contributed by atoms with Gasteiger partial charge in [0.1, 0.15) is 0 Å². The zero-order valence-electron chi connectivity index (χ0n) is 18.2. The molecule has 3 heterocycles. The lowest BCUT2D eigenvalue weighted by Crippen LogP contribution is -2.37. The highest BCUT2D eigenvalue weighted by Gasteiger charge is 2.14. The summed E-state index contributed by atoms with van der Waals surface area (Å²) < 4.78 is 5.40. The van der Waals surface area contributed by atoms with Gasteiger partial charge in [-0.05, 0) is 58.8 Å². The van der Waals surface area contributed by atoms with Crippen molar-refractivity contribution in [1.82, 2.24) is 9.97 Å². The quantitative estimate of drug-likeness (QED) is 0.357. The lowest BCUT2D eigenvalue weighted by Gasteiger charge is -2.26. The van der Waals surface area contributed by atoms with Crippen molar-refractivity contribution in [1.29, 1.82) is 0 Å². The number of benzene rings is 2. The van der Waals surface area contributed by atoms with E-state index in [9.17, 15) is 4.79 Å². The Kier molecular flexibility index (Phi) is 6.71. The Bertz CT molecular complexity index is 1270. The maximum atomic E-state index is 12.5. The molecular formula is C25H22ClN5O2S. The fourth-order valence-electron chi connectivity index (χ4n) is 3.68. The van der Waals surface area contributed by atoms with Gasteiger partial charge in [-0.2, -0.15) is 11.3 Å². The highest BCUT2D eigenvalue weighted by Crippen LogP contribution is 2.32. The van der Waals surface area contributed by atoms with Crippen LogP contribution in [0.2, 0.25) is 5.02 Å². The molecule has 5 rings (SSSR count). The van der Waals surface area contributed by atoms with E-state index < -0.39 is 0 Å². The van der Waals surface area contributed by atoms with E-state index in [1.165, 1.54) is 0 Å². The summed E-state index contributed by atoms with van der Waals surface area (Å²) in [5.74, 6) is 0.701. The molecule has 0 unspecified atom stereocenters. The molecule has 1 aliphatic heterocycles. The Labute approximate surface area is 206 Å². The molecule has 2 N–H and O–H groups in total. The SMILES string of the molecule is O=C(Nc1ccc(-c2ccnc(N3CCOCC3)n2)cc1)Nc1ccc(Cl)c(-c2ccsc2)c1. The first-order valence-corrected chi connectivity index (χ1v) is 12.1. The fraction of sp³-hybridized carbons (Fsp3) is 0.160. The van der Waals surface area contributed by atoms with Crippen LogP contribution in [0.25, 0.3) is 22.4 Å². The van der Waals surface area contributed by atoms with Crippen molar-refractivity contribution >= 4 is 46.3 Å². The highest BCUT2D eigenvalue weighted by molar-refractivity contribution is 7.08. The fourth-order valence-corrected chi connectivity index (χ4v) is 4.57. The molecule has 0 bridgehead atoms. The summed E-state index contributed by atoms with van der Waals surface area (Å²) in [6, 6.07) is 16.5. The Morgan fingerprint density at radius 2 is 1.74 bits per heavy atom. The maximum absolute atomic E-state index is 12.5. The standard InChI is InChI=1S/C25H22ClN5O2S/c26-22-6-5-20(15-21(22)18-8-14-34-16-18)29-25(32)28-19-3-1-17(2-4-19)23-7-9-27-24(30-23)31-10-12-33-13-11-31/h1-9,14-16H,10-13H2,(H2,28,29,32). The predicted molar refractivity (Wildman–Crippen MR) is 138 cm³/mol. The van der Waals surface area contributed by atoms with Gasteiger partial charge in [-0.25, -0.2) is 14.8 Å². The van der Waals surface area contributed by atoms with Crippen LogP contribution in [0.15, 0.2) is 71.6 Å². The second-order valence-corrected chi connectivity index (χ2v) is 8.89. The molecule has 4 aromatic rings. The molecule has 0 atom stereocenters. The number of hydrogen-bond acceptors (Lipinski definition) is 6. The molecule has 1 saturated heterocycles. The van der Waals surface area contributed by atoms with Crippen LogP contribution >= 0.6 is 22.9 Å². The van der Waals surface area contributed by atoms with Gasteiger partial charge in [0.15, 0.2) is 0 Å². The number of carbonyl (C=O) groups is 1. The molecular weight excluding hydrogens is 470 g/mol.